The van der Waals surface area contributed by atoms with Gasteiger partial charge in [-0.25, -0.2) is 0 Å². The number of guanidine groups is 1. The third-order valence-electron chi connectivity index (χ3n) is 4.43. The van der Waals surface area contributed by atoms with Crippen LogP contribution in [0.5, 0.6) is 0 Å². The molecule has 0 radical (unpaired) electrons. The number of hydrogen-bond acceptors (Lipinski definition) is 4. The number of nitrogens with zero attached hydrogens (tertiary/aromatic N) is 4. The number of benzene rings is 1. The summed E-state index contributed by atoms with van der Waals surface area (Å²) in [5.41, 5.74) is 2.55. The molecule has 1 aliphatic heterocycles. The van der Waals surface area contributed by atoms with Crippen molar-refractivity contribution >= 4 is 11.6 Å². The lowest BCUT2D eigenvalue weighted by Gasteiger charge is -2.30. The van der Waals surface area contributed by atoms with E-state index in [1.807, 2.05) is 16.9 Å². The quantitative estimate of drug-likeness (QED) is 0.447. The molecule has 2 heterocycles. The highest BCUT2D eigenvalue weighted by Crippen LogP contribution is 2.21. The minimum Gasteiger partial charge on any atom is -0.378 e. The molecule has 1 fully saturated rings. The minimum atomic E-state index is 0.742. The summed E-state index contributed by atoms with van der Waals surface area (Å²) in [6.07, 6.45) is 4.78. The summed E-state index contributed by atoms with van der Waals surface area (Å²) in [5, 5.41) is 11.0. The number of ether oxygens (including phenoxy) is 1. The Balaban J connectivity index is 1.47. The van der Waals surface area contributed by atoms with E-state index in [9.17, 15) is 0 Å². The van der Waals surface area contributed by atoms with Gasteiger partial charge < -0.3 is 20.3 Å². The molecule has 0 spiro atoms. The first-order chi connectivity index (χ1) is 12.9. The van der Waals surface area contributed by atoms with Crippen molar-refractivity contribution in [2.24, 2.45) is 4.99 Å². The summed E-state index contributed by atoms with van der Waals surface area (Å²) in [5.74, 6) is 0.822. The average molecular weight is 356 g/mol. The monoisotopic (exact) mass is 356 g/mol. The van der Waals surface area contributed by atoms with Crippen LogP contribution in [0, 0.1) is 0 Å². The summed E-state index contributed by atoms with van der Waals surface area (Å²) in [7, 11) is 1.80. The fourth-order valence-electron chi connectivity index (χ4n) is 3.05. The Labute approximate surface area is 155 Å². The van der Waals surface area contributed by atoms with Gasteiger partial charge in [0.05, 0.1) is 13.2 Å². The maximum Gasteiger partial charge on any atom is 0.191 e. The van der Waals surface area contributed by atoms with Gasteiger partial charge in [-0.2, -0.15) is 5.10 Å². The molecule has 7 nitrogen and oxygen atoms in total. The van der Waals surface area contributed by atoms with Crippen LogP contribution in [0.25, 0.3) is 0 Å². The van der Waals surface area contributed by atoms with E-state index in [0.717, 1.165) is 58.3 Å². The van der Waals surface area contributed by atoms with E-state index < -0.39 is 0 Å². The highest BCUT2D eigenvalue weighted by atomic mass is 16.5. The second kappa shape index (κ2) is 9.82. The average Bonchev–Trinajstić information content (AvgIpc) is 3.22. The van der Waals surface area contributed by atoms with Gasteiger partial charge in [-0.1, -0.05) is 18.2 Å². The predicted octanol–water partition coefficient (Wildman–Crippen LogP) is 1.47. The molecule has 26 heavy (non-hydrogen) atoms. The zero-order chi connectivity index (χ0) is 18.0. The molecule has 1 aromatic heterocycles. The van der Waals surface area contributed by atoms with Gasteiger partial charge >= 0.3 is 0 Å². The third-order valence-corrected chi connectivity index (χ3v) is 4.43. The van der Waals surface area contributed by atoms with Gasteiger partial charge in [0.2, 0.25) is 0 Å². The molecule has 0 aliphatic carbocycles. The molecular weight excluding hydrogens is 328 g/mol. The number of para-hydroxylation sites is 1. The first-order valence-corrected chi connectivity index (χ1v) is 9.19. The van der Waals surface area contributed by atoms with Crippen molar-refractivity contribution < 1.29 is 4.74 Å². The smallest absolute Gasteiger partial charge is 0.191 e. The Morgan fingerprint density at radius 2 is 2.04 bits per heavy atom. The van der Waals surface area contributed by atoms with Gasteiger partial charge in [-0.3, -0.25) is 9.67 Å². The van der Waals surface area contributed by atoms with Crippen molar-refractivity contribution in [2.45, 2.75) is 19.5 Å². The third kappa shape index (κ3) is 5.23. The largest absolute Gasteiger partial charge is 0.378 e. The van der Waals surface area contributed by atoms with Crippen molar-refractivity contribution in [3.63, 3.8) is 0 Å². The van der Waals surface area contributed by atoms with Crippen LogP contribution in [0.15, 0.2) is 47.7 Å². The molecule has 3 rings (SSSR count). The number of hydrogen-bond donors (Lipinski definition) is 2. The lowest BCUT2D eigenvalue weighted by atomic mass is 10.1. The number of morpholine rings is 1. The zero-order valence-corrected chi connectivity index (χ0v) is 15.4. The molecule has 0 bridgehead atoms. The molecule has 7 heteroatoms. The van der Waals surface area contributed by atoms with Gasteiger partial charge in [0, 0.05) is 57.9 Å². The van der Waals surface area contributed by atoms with Gasteiger partial charge in [-0.15, -0.1) is 0 Å². The van der Waals surface area contributed by atoms with Crippen molar-refractivity contribution in [2.75, 3.05) is 44.8 Å². The molecule has 1 aliphatic rings. The molecule has 1 saturated heterocycles. The second-order valence-corrected chi connectivity index (χ2v) is 6.20. The first kappa shape index (κ1) is 18.3. The fourth-order valence-corrected chi connectivity index (χ4v) is 3.05. The summed E-state index contributed by atoms with van der Waals surface area (Å²) in [6.45, 7) is 5.96. The van der Waals surface area contributed by atoms with E-state index in [2.05, 4.69) is 49.9 Å². The fraction of sp³-hybridized carbons (Fsp3) is 0.474. The lowest BCUT2D eigenvalue weighted by molar-refractivity contribution is 0.122. The maximum absolute atomic E-state index is 5.47. The Bertz CT molecular complexity index is 679. The normalized spacial score (nSPS) is 15.1. The number of rotatable bonds is 7. The van der Waals surface area contributed by atoms with E-state index in [1.54, 1.807) is 13.2 Å². The minimum absolute atomic E-state index is 0.742. The van der Waals surface area contributed by atoms with Crippen molar-refractivity contribution in [1.29, 1.82) is 0 Å². The number of anilines is 1. The van der Waals surface area contributed by atoms with Crippen molar-refractivity contribution in [3.05, 3.63) is 48.3 Å². The standard InChI is InChI=1S/C19H28N6O/c1-20-19(21-8-4-10-25-11-5-9-23-25)22-16-17-6-2-3-7-18(17)24-12-14-26-15-13-24/h2-3,5-7,9,11H,4,8,10,12-16H2,1H3,(H2,20,21,22). The van der Waals surface area contributed by atoms with E-state index in [-0.39, 0.29) is 0 Å². The second-order valence-electron chi connectivity index (χ2n) is 6.20. The molecule has 1 aromatic carbocycles. The van der Waals surface area contributed by atoms with Crippen LogP contribution in [0.1, 0.15) is 12.0 Å². The molecular formula is C19H28N6O. The van der Waals surface area contributed by atoms with E-state index in [4.69, 9.17) is 4.74 Å². The van der Waals surface area contributed by atoms with Crippen LogP contribution < -0.4 is 15.5 Å². The Morgan fingerprint density at radius 1 is 1.19 bits per heavy atom. The van der Waals surface area contributed by atoms with Crippen LogP contribution in [0.3, 0.4) is 0 Å². The Morgan fingerprint density at radius 3 is 2.81 bits per heavy atom. The number of nitrogens with one attached hydrogen (secondary N) is 2. The molecule has 140 valence electrons. The predicted molar refractivity (Wildman–Crippen MR) is 105 cm³/mol. The molecule has 0 unspecified atom stereocenters. The van der Waals surface area contributed by atoms with Gasteiger partial charge in [0.1, 0.15) is 0 Å². The number of aromatic nitrogens is 2. The number of aryl methyl sites for hydroxylation is 1. The van der Waals surface area contributed by atoms with Crippen molar-refractivity contribution in [3.8, 4) is 0 Å². The van der Waals surface area contributed by atoms with Crippen LogP contribution in [0.4, 0.5) is 5.69 Å². The highest BCUT2D eigenvalue weighted by molar-refractivity contribution is 5.79. The molecule has 2 aromatic rings. The highest BCUT2D eigenvalue weighted by Gasteiger charge is 2.14. The SMILES string of the molecule is CN=C(NCCCn1cccn1)NCc1ccccc1N1CCOCC1. The summed E-state index contributed by atoms with van der Waals surface area (Å²) >= 11 is 0. The zero-order valence-electron chi connectivity index (χ0n) is 15.4. The van der Waals surface area contributed by atoms with Crippen LogP contribution >= 0.6 is 0 Å². The summed E-state index contributed by atoms with van der Waals surface area (Å²) < 4.78 is 7.41. The number of aliphatic imine (C=N–C) groups is 1. The van der Waals surface area contributed by atoms with Crippen molar-refractivity contribution in [1.82, 2.24) is 20.4 Å². The molecule has 0 saturated carbocycles. The molecule has 0 amide bonds. The summed E-state index contributed by atoms with van der Waals surface area (Å²) in [6, 6.07) is 10.5. The molecule has 0 atom stereocenters. The van der Waals surface area contributed by atoms with Gasteiger partial charge in [0.25, 0.3) is 0 Å². The Hall–Kier alpha value is -2.54. The van der Waals surface area contributed by atoms with E-state index in [1.165, 1.54) is 11.3 Å². The van der Waals surface area contributed by atoms with Gasteiger partial charge in [0.15, 0.2) is 5.96 Å². The Kier molecular flexibility index (Phi) is 6.89. The van der Waals surface area contributed by atoms with Crippen LogP contribution in [0.2, 0.25) is 0 Å². The van der Waals surface area contributed by atoms with Crippen LogP contribution in [-0.4, -0.2) is 55.6 Å². The summed E-state index contributed by atoms with van der Waals surface area (Å²) in [4.78, 5) is 6.71. The molecule has 2 N–H and O–H groups in total. The maximum atomic E-state index is 5.47. The van der Waals surface area contributed by atoms with Gasteiger partial charge in [-0.05, 0) is 24.1 Å². The van der Waals surface area contributed by atoms with Crippen LogP contribution in [-0.2, 0) is 17.8 Å². The van der Waals surface area contributed by atoms with E-state index in [0.29, 0.717) is 0 Å². The topological polar surface area (TPSA) is 66.7 Å². The lowest BCUT2D eigenvalue weighted by Crippen LogP contribution is -2.39. The van der Waals surface area contributed by atoms with E-state index >= 15 is 0 Å². The first-order valence-electron chi connectivity index (χ1n) is 9.19.